The van der Waals surface area contributed by atoms with Gasteiger partial charge in [-0.15, -0.1) is 0 Å². The number of hydrogen-bond acceptors (Lipinski definition) is 5. The number of carbonyl (C=O) groups excluding carboxylic acids is 2. The van der Waals surface area contributed by atoms with Crippen molar-refractivity contribution in [3.05, 3.63) is 29.3 Å². The molecule has 3 rings (SSSR count). The Kier molecular flexibility index (Phi) is 5.70. The molecule has 1 aromatic carbocycles. The Bertz CT molecular complexity index is 743. The summed E-state index contributed by atoms with van der Waals surface area (Å²) in [4.78, 5) is 28.7. The fraction of sp³-hybridized carbons (Fsp3) is 0.636. The van der Waals surface area contributed by atoms with Crippen LogP contribution in [0.25, 0.3) is 0 Å². The summed E-state index contributed by atoms with van der Waals surface area (Å²) in [6.45, 7) is 11.7. The van der Waals surface area contributed by atoms with E-state index >= 15 is 0 Å². The van der Waals surface area contributed by atoms with Gasteiger partial charge in [0.1, 0.15) is 11.2 Å². The van der Waals surface area contributed by atoms with E-state index in [1.165, 1.54) is 11.1 Å². The predicted molar refractivity (Wildman–Crippen MR) is 112 cm³/mol. The van der Waals surface area contributed by atoms with E-state index in [-0.39, 0.29) is 0 Å². The van der Waals surface area contributed by atoms with Gasteiger partial charge >= 0.3 is 12.2 Å². The maximum Gasteiger partial charge on any atom is 0.413 e. The van der Waals surface area contributed by atoms with Crippen molar-refractivity contribution in [1.82, 2.24) is 9.80 Å². The van der Waals surface area contributed by atoms with Crippen LogP contribution >= 0.6 is 0 Å². The van der Waals surface area contributed by atoms with Gasteiger partial charge in [0.25, 0.3) is 0 Å². The molecule has 0 aromatic heterocycles. The van der Waals surface area contributed by atoms with Gasteiger partial charge in [0, 0.05) is 18.8 Å². The second-order valence-electron chi connectivity index (χ2n) is 9.70. The molecule has 29 heavy (non-hydrogen) atoms. The Morgan fingerprint density at radius 3 is 1.93 bits per heavy atom. The summed E-state index contributed by atoms with van der Waals surface area (Å²) >= 11 is 0. The van der Waals surface area contributed by atoms with Crippen LogP contribution in [0.4, 0.5) is 15.3 Å². The maximum absolute atomic E-state index is 12.8. The summed E-state index contributed by atoms with van der Waals surface area (Å²) in [5.41, 5.74) is 2.33. The molecule has 0 bridgehead atoms. The largest absolute Gasteiger partial charge is 0.444 e. The summed E-state index contributed by atoms with van der Waals surface area (Å²) in [6.07, 6.45) is 1.74. The Hall–Kier alpha value is -2.44. The molecule has 7 heteroatoms. The minimum Gasteiger partial charge on any atom is -0.444 e. The van der Waals surface area contributed by atoms with Crippen molar-refractivity contribution < 1.29 is 19.1 Å². The zero-order valence-electron chi connectivity index (χ0n) is 18.4. The number of rotatable bonds is 2. The van der Waals surface area contributed by atoms with Crippen LogP contribution in [0.3, 0.4) is 0 Å². The molecule has 0 spiro atoms. The van der Waals surface area contributed by atoms with Gasteiger partial charge in [-0.3, -0.25) is 9.80 Å². The molecule has 1 aromatic rings. The minimum atomic E-state index is -0.667. The number of benzene rings is 1. The predicted octanol–water partition coefficient (Wildman–Crippen LogP) is 4.36. The first-order chi connectivity index (χ1) is 13.4. The molecule has 1 aliphatic carbocycles. The van der Waals surface area contributed by atoms with Gasteiger partial charge in [-0.05, 0) is 84.1 Å². The number of nitrogens with zero attached hydrogens (tertiary/aromatic N) is 2. The monoisotopic (exact) mass is 403 g/mol. The lowest BCUT2D eigenvalue weighted by atomic mass is 10.1. The number of aryl methyl sites for hydroxylation is 2. The molecular weight excluding hydrogens is 370 g/mol. The van der Waals surface area contributed by atoms with Crippen molar-refractivity contribution in [3.63, 3.8) is 0 Å². The Morgan fingerprint density at radius 1 is 0.897 bits per heavy atom. The van der Waals surface area contributed by atoms with Crippen molar-refractivity contribution in [2.24, 2.45) is 0 Å². The third kappa shape index (κ3) is 5.34. The van der Waals surface area contributed by atoms with Gasteiger partial charge in [-0.25, -0.2) is 9.59 Å². The first kappa shape index (κ1) is 21.3. The zero-order chi connectivity index (χ0) is 21.4. The van der Waals surface area contributed by atoms with Crippen LogP contribution in [0.5, 0.6) is 0 Å². The normalized spacial score (nSPS) is 17.3. The third-order valence-corrected chi connectivity index (χ3v) is 4.82. The van der Waals surface area contributed by atoms with Crippen LogP contribution in [0.15, 0.2) is 18.2 Å². The summed E-state index contributed by atoms with van der Waals surface area (Å²) in [7, 11) is 0. The Morgan fingerprint density at radius 2 is 1.41 bits per heavy atom. The molecule has 1 N–H and O–H groups in total. The fourth-order valence-corrected chi connectivity index (χ4v) is 3.62. The van der Waals surface area contributed by atoms with E-state index in [0.717, 1.165) is 24.9 Å². The van der Waals surface area contributed by atoms with Crippen LogP contribution in [0, 0.1) is 0 Å². The second kappa shape index (κ2) is 7.76. The highest BCUT2D eigenvalue weighted by Crippen LogP contribution is 2.28. The first-order valence-corrected chi connectivity index (χ1v) is 10.3. The van der Waals surface area contributed by atoms with Gasteiger partial charge in [0.05, 0.1) is 0 Å². The molecule has 1 aliphatic heterocycles. The number of amides is 2. The smallest absolute Gasteiger partial charge is 0.413 e. The van der Waals surface area contributed by atoms with Crippen molar-refractivity contribution >= 4 is 17.9 Å². The van der Waals surface area contributed by atoms with E-state index in [1.54, 1.807) is 9.80 Å². The molecule has 160 valence electrons. The average Bonchev–Trinajstić information content (AvgIpc) is 3.17. The second-order valence-corrected chi connectivity index (χ2v) is 9.70. The standard InChI is InChI=1S/C22H33N3O4/c1-21(2,3)28-19(26)24-12-13-25(20(27)29-22(4,5)6)18(24)23-17-11-10-15-8-7-9-16(15)14-17/h10-11,14,18,23H,7-9,12-13H2,1-6H3. The van der Waals surface area contributed by atoms with Crippen molar-refractivity contribution in [3.8, 4) is 0 Å². The summed E-state index contributed by atoms with van der Waals surface area (Å²) in [5, 5.41) is 3.35. The SMILES string of the molecule is CC(C)(C)OC(=O)N1CCN(C(=O)OC(C)(C)C)C1Nc1ccc2c(c1)CCC2. The molecule has 0 unspecified atom stereocenters. The lowest BCUT2D eigenvalue weighted by Gasteiger charge is -2.33. The summed E-state index contributed by atoms with van der Waals surface area (Å²) in [6, 6.07) is 6.24. The van der Waals surface area contributed by atoms with Gasteiger partial charge < -0.3 is 14.8 Å². The highest BCUT2D eigenvalue weighted by atomic mass is 16.6. The zero-order valence-corrected chi connectivity index (χ0v) is 18.4. The van der Waals surface area contributed by atoms with Crippen molar-refractivity contribution in [2.75, 3.05) is 18.4 Å². The molecule has 1 heterocycles. The number of anilines is 1. The molecule has 1 fully saturated rings. The molecule has 7 nitrogen and oxygen atoms in total. The molecule has 0 atom stereocenters. The third-order valence-electron chi connectivity index (χ3n) is 4.82. The van der Waals surface area contributed by atoms with Crippen LogP contribution in [-0.2, 0) is 22.3 Å². The molecule has 1 saturated heterocycles. The van der Waals surface area contributed by atoms with E-state index in [4.69, 9.17) is 9.47 Å². The number of hydrogen-bond donors (Lipinski definition) is 1. The number of carbonyl (C=O) groups is 2. The van der Waals surface area contributed by atoms with Gasteiger partial charge in [-0.2, -0.15) is 0 Å². The van der Waals surface area contributed by atoms with Crippen LogP contribution in [0.2, 0.25) is 0 Å². The highest BCUT2D eigenvalue weighted by Gasteiger charge is 2.41. The lowest BCUT2D eigenvalue weighted by molar-refractivity contribution is 0.00489. The summed E-state index contributed by atoms with van der Waals surface area (Å²) < 4.78 is 11.1. The highest BCUT2D eigenvalue weighted by molar-refractivity contribution is 5.74. The molecule has 0 radical (unpaired) electrons. The van der Waals surface area contributed by atoms with E-state index in [0.29, 0.717) is 13.1 Å². The molecule has 0 saturated carbocycles. The van der Waals surface area contributed by atoms with Crippen molar-refractivity contribution in [2.45, 2.75) is 78.3 Å². The number of ether oxygens (including phenoxy) is 2. The van der Waals surface area contributed by atoms with Crippen molar-refractivity contribution in [1.29, 1.82) is 0 Å². The van der Waals surface area contributed by atoms with E-state index in [2.05, 4.69) is 17.4 Å². The molecule has 2 amide bonds. The van der Waals surface area contributed by atoms with E-state index < -0.39 is 29.7 Å². The topological polar surface area (TPSA) is 71.1 Å². The minimum absolute atomic E-state index is 0.372. The molecular formula is C22H33N3O4. The van der Waals surface area contributed by atoms with Gasteiger partial charge in [0.2, 0.25) is 0 Å². The van der Waals surface area contributed by atoms with Gasteiger partial charge in [0.15, 0.2) is 6.29 Å². The maximum atomic E-state index is 12.8. The fourth-order valence-electron chi connectivity index (χ4n) is 3.62. The number of fused-ring (bicyclic) bond motifs is 1. The van der Waals surface area contributed by atoms with Crippen LogP contribution in [-0.4, -0.2) is 52.6 Å². The Labute approximate surface area is 173 Å². The number of nitrogens with one attached hydrogen (secondary N) is 1. The van der Waals surface area contributed by atoms with E-state index in [1.807, 2.05) is 47.6 Å². The quantitative estimate of drug-likeness (QED) is 0.794. The van der Waals surface area contributed by atoms with Gasteiger partial charge in [-0.1, -0.05) is 6.07 Å². The first-order valence-electron chi connectivity index (χ1n) is 10.3. The molecule has 2 aliphatic rings. The van der Waals surface area contributed by atoms with E-state index in [9.17, 15) is 9.59 Å². The van der Waals surface area contributed by atoms with Crippen LogP contribution < -0.4 is 5.32 Å². The lowest BCUT2D eigenvalue weighted by Crippen LogP contribution is -2.51. The summed E-state index contributed by atoms with van der Waals surface area (Å²) in [5.74, 6) is 0. The Balaban J connectivity index is 1.83. The van der Waals surface area contributed by atoms with Crippen LogP contribution in [0.1, 0.15) is 59.1 Å². The average molecular weight is 404 g/mol.